The topological polar surface area (TPSA) is 79.5 Å². The molecule has 0 spiro atoms. The Morgan fingerprint density at radius 2 is 2.18 bits per heavy atom. The lowest BCUT2D eigenvalue weighted by atomic mass is 10.0. The summed E-state index contributed by atoms with van der Waals surface area (Å²) in [5, 5.41) is 12.8. The second kappa shape index (κ2) is 5.27. The minimum atomic E-state index is -0.554. The van der Waals surface area contributed by atoms with Crippen molar-refractivity contribution in [3.05, 3.63) is 11.7 Å². The molecule has 0 saturated carbocycles. The molecule has 0 radical (unpaired) electrons. The molecule has 1 heterocycles. The fraction of sp³-hybridized carbons (Fsp3) is 0.727. The largest absolute Gasteiger partial charge is 0.394 e. The lowest BCUT2D eigenvalue weighted by Crippen LogP contribution is -2.47. The van der Waals surface area contributed by atoms with E-state index in [1.54, 1.807) is 14.0 Å². The van der Waals surface area contributed by atoms with Gasteiger partial charge in [0, 0.05) is 19.9 Å². The van der Waals surface area contributed by atoms with Gasteiger partial charge in [-0.1, -0.05) is 5.16 Å². The first-order valence-corrected chi connectivity index (χ1v) is 5.53. The zero-order valence-electron chi connectivity index (χ0n) is 10.7. The van der Waals surface area contributed by atoms with E-state index in [-0.39, 0.29) is 12.5 Å². The van der Waals surface area contributed by atoms with Gasteiger partial charge in [0.2, 0.25) is 11.8 Å². The number of nitrogens with zero attached hydrogens (tertiary/aromatic N) is 3. The molecule has 1 aromatic heterocycles. The lowest BCUT2D eigenvalue weighted by molar-refractivity contribution is -0.136. The van der Waals surface area contributed by atoms with E-state index in [0.29, 0.717) is 24.6 Å². The number of likely N-dealkylation sites (N-methyl/N-ethyl adjacent to an activating group) is 1. The van der Waals surface area contributed by atoms with Gasteiger partial charge in [0.15, 0.2) is 5.82 Å². The fourth-order valence-electron chi connectivity index (χ4n) is 1.27. The van der Waals surface area contributed by atoms with Crippen molar-refractivity contribution < 1.29 is 14.4 Å². The monoisotopic (exact) mass is 241 g/mol. The predicted molar refractivity (Wildman–Crippen MR) is 61.3 cm³/mol. The molecule has 1 amide bonds. The van der Waals surface area contributed by atoms with Crippen molar-refractivity contribution in [1.82, 2.24) is 15.0 Å². The highest BCUT2D eigenvalue weighted by Gasteiger charge is 2.26. The fourth-order valence-corrected chi connectivity index (χ4v) is 1.27. The van der Waals surface area contributed by atoms with Crippen LogP contribution in [-0.2, 0) is 11.2 Å². The number of aryl methyl sites for hydroxylation is 2. The average molecular weight is 241 g/mol. The normalized spacial score (nSPS) is 11.6. The molecular weight excluding hydrogens is 222 g/mol. The molecule has 0 aliphatic rings. The molecule has 0 aliphatic carbocycles. The molecule has 1 rings (SSSR count). The molecule has 0 fully saturated rings. The predicted octanol–water partition coefficient (Wildman–Crippen LogP) is 0.540. The van der Waals surface area contributed by atoms with E-state index in [2.05, 4.69) is 10.1 Å². The van der Waals surface area contributed by atoms with E-state index < -0.39 is 5.54 Å². The van der Waals surface area contributed by atoms with E-state index in [1.807, 2.05) is 13.8 Å². The second-order valence-corrected chi connectivity index (χ2v) is 4.66. The minimum absolute atomic E-state index is 0.0556. The van der Waals surface area contributed by atoms with Crippen LogP contribution >= 0.6 is 0 Å². The van der Waals surface area contributed by atoms with Crippen LogP contribution in [0.4, 0.5) is 0 Å². The zero-order valence-corrected chi connectivity index (χ0v) is 10.7. The molecule has 1 N–H and O–H groups in total. The standard InChI is InChI=1S/C11H19N3O3/c1-8-12-9(17-13-8)5-6-10(16)14(4)11(2,3)7-15/h15H,5-7H2,1-4H3. The molecule has 0 saturated heterocycles. The summed E-state index contributed by atoms with van der Waals surface area (Å²) in [5.41, 5.74) is -0.554. The van der Waals surface area contributed by atoms with E-state index in [4.69, 9.17) is 9.63 Å². The van der Waals surface area contributed by atoms with E-state index in [9.17, 15) is 4.79 Å². The van der Waals surface area contributed by atoms with Crippen LogP contribution < -0.4 is 0 Å². The number of rotatable bonds is 5. The van der Waals surface area contributed by atoms with Crippen LogP contribution in [-0.4, -0.2) is 45.2 Å². The van der Waals surface area contributed by atoms with Gasteiger partial charge in [-0.3, -0.25) is 4.79 Å². The lowest BCUT2D eigenvalue weighted by Gasteiger charge is -2.33. The highest BCUT2D eigenvalue weighted by molar-refractivity contribution is 5.76. The van der Waals surface area contributed by atoms with Crippen LogP contribution in [0.1, 0.15) is 32.0 Å². The van der Waals surface area contributed by atoms with Crippen LogP contribution in [0.5, 0.6) is 0 Å². The molecule has 96 valence electrons. The van der Waals surface area contributed by atoms with Gasteiger partial charge in [0.05, 0.1) is 12.1 Å². The maximum atomic E-state index is 11.9. The van der Waals surface area contributed by atoms with Crippen molar-refractivity contribution in [2.45, 2.75) is 39.2 Å². The summed E-state index contributed by atoms with van der Waals surface area (Å²) in [4.78, 5) is 17.4. The SMILES string of the molecule is Cc1noc(CCC(=O)N(C)C(C)(C)CO)n1. The molecule has 0 atom stereocenters. The van der Waals surface area contributed by atoms with Crippen LogP contribution in [0.15, 0.2) is 4.52 Å². The van der Waals surface area contributed by atoms with Crippen LogP contribution in [0, 0.1) is 6.92 Å². The minimum Gasteiger partial charge on any atom is -0.394 e. The highest BCUT2D eigenvalue weighted by Crippen LogP contribution is 2.13. The van der Waals surface area contributed by atoms with Crippen molar-refractivity contribution in [3.8, 4) is 0 Å². The first-order valence-electron chi connectivity index (χ1n) is 5.53. The maximum absolute atomic E-state index is 11.9. The van der Waals surface area contributed by atoms with Gasteiger partial charge in [-0.25, -0.2) is 0 Å². The molecule has 0 aliphatic heterocycles. The van der Waals surface area contributed by atoms with E-state index >= 15 is 0 Å². The number of aliphatic hydroxyl groups is 1. The molecular formula is C11H19N3O3. The van der Waals surface area contributed by atoms with Crippen LogP contribution in [0.2, 0.25) is 0 Å². The maximum Gasteiger partial charge on any atom is 0.227 e. The third kappa shape index (κ3) is 3.52. The van der Waals surface area contributed by atoms with Gasteiger partial charge in [0.25, 0.3) is 0 Å². The van der Waals surface area contributed by atoms with Crippen molar-refractivity contribution in [1.29, 1.82) is 0 Å². The van der Waals surface area contributed by atoms with Crippen molar-refractivity contribution in [3.63, 3.8) is 0 Å². The van der Waals surface area contributed by atoms with Crippen molar-refractivity contribution in [2.24, 2.45) is 0 Å². The van der Waals surface area contributed by atoms with E-state index in [0.717, 1.165) is 0 Å². The summed E-state index contributed by atoms with van der Waals surface area (Å²) in [5.74, 6) is 0.974. The van der Waals surface area contributed by atoms with Gasteiger partial charge in [-0.15, -0.1) is 0 Å². The summed E-state index contributed by atoms with van der Waals surface area (Å²) in [7, 11) is 1.68. The molecule has 0 aromatic carbocycles. The van der Waals surface area contributed by atoms with E-state index in [1.165, 1.54) is 4.90 Å². The Hall–Kier alpha value is -1.43. The van der Waals surface area contributed by atoms with Crippen LogP contribution in [0.3, 0.4) is 0 Å². The van der Waals surface area contributed by atoms with Crippen molar-refractivity contribution >= 4 is 5.91 Å². The Morgan fingerprint density at radius 1 is 1.53 bits per heavy atom. The molecule has 6 nitrogen and oxygen atoms in total. The third-order valence-electron chi connectivity index (χ3n) is 2.79. The first kappa shape index (κ1) is 13.6. The summed E-state index contributed by atoms with van der Waals surface area (Å²) in [6.45, 7) is 5.27. The molecule has 6 heteroatoms. The number of carbonyl (C=O) groups is 1. The Labute approximate surface area is 101 Å². The van der Waals surface area contributed by atoms with Gasteiger partial charge >= 0.3 is 0 Å². The van der Waals surface area contributed by atoms with Gasteiger partial charge < -0.3 is 14.5 Å². The molecule has 0 bridgehead atoms. The Kier molecular flexibility index (Phi) is 4.22. The number of amides is 1. The summed E-state index contributed by atoms with van der Waals surface area (Å²) >= 11 is 0. The Balaban J connectivity index is 2.50. The quantitative estimate of drug-likeness (QED) is 0.814. The summed E-state index contributed by atoms with van der Waals surface area (Å²) in [6.07, 6.45) is 0.715. The summed E-state index contributed by atoms with van der Waals surface area (Å²) in [6, 6.07) is 0. The second-order valence-electron chi connectivity index (χ2n) is 4.66. The van der Waals surface area contributed by atoms with Gasteiger partial charge in [-0.2, -0.15) is 4.98 Å². The number of aliphatic hydroxyl groups excluding tert-OH is 1. The highest BCUT2D eigenvalue weighted by atomic mass is 16.5. The van der Waals surface area contributed by atoms with Crippen LogP contribution in [0.25, 0.3) is 0 Å². The number of hydrogen-bond donors (Lipinski definition) is 1. The zero-order chi connectivity index (χ0) is 13.1. The molecule has 17 heavy (non-hydrogen) atoms. The number of aromatic nitrogens is 2. The average Bonchev–Trinajstić information content (AvgIpc) is 2.71. The third-order valence-corrected chi connectivity index (χ3v) is 2.79. The van der Waals surface area contributed by atoms with Crippen molar-refractivity contribution in [2.75, 3.05) is 13.7 Å². The first-order chi connectivity index (χ1) is 7.86. The van der Waals surface area contributed by atoms with Gasteiger partial charge in [0.1, 0.15) is 0 Å². The number of hydrogen-bond acceptors (Lipinski definition) is 5. The Morgan fingerprint density at radius 3 is 2.65 bits per heavy atom. The Bertz CT molecular complexity index is 387. The summed E-state index contributed by atoms with van der Waals surface area (Å²) < 4.78 is 4.93. The van der Waals surface area contributed by atoms with Gasteiger partial charge in [-0.05, 0) is 20.8 Å². The smallest absolute Gasteiger partial charge is 0.227 e. The number of carbonyl (C=O) groups excluding carboxylic acids is 1. The molecule has 1 aromatic rings. The molecule has 0 unspecified atom stereocenters.